The first-order chi connectivity index (χ1) is 9.19. The Balaban J connectivity index is 2.10. The van der Waals surface area contributed by atoms with Crippen LogP contribution in [0.3, 0.4) is 0 Å². The number of hydrogen-bond acceptors (Lipinski definition) is 4. The number of nitrogen functional groups attached to an aromatic ring is 2. The average Bonchev–Trinajstić information content (AvgIpc) is 2.38. The van der Waals surface area contributed by atoms with Crippen LogP contribution in [-0.2, 0) is 13.0 Å². The Labute approximate surface area is 113 Å². The Bertz CT molecular complexity index is 555. The van der Waals surface area contributed by atoms with Crippen LogP contribution in [0.15, 0.2) is 42.5 Å². The average molecular weight is 257 g/mol. The van der Waals surface area contributed by atoms with Crippen molar-refractivity contribution in [3.05, 3.63) is 53.6 Å². The largest absolute Gasteiger partial charge is 0.399 e. The van der Waals surface area contributed by atoms with E-state index in [9.17, 15) is 0 Å². The topological polar surface area (TPSA) is 84.3 Å². The highest BCUT2D eigenvalue weighted by atomic mass is 16.2. The summed E-state index contributed by atoms with van der Waals surface area (Å²) in [6, 6.07) is 13.4. The molecule has 2 aromatic rings. The first kappa shape index (κ1) is 13.2. The van der Waals surface area contributed by atoms with Crippen molar-refractivity contribution in [2.24, 2.45) is 0 Å². The monoisotopic (exact) mass is 257 g/mol. The van der Waals surface area contributed by atoms with Gasteiger partial charge in [0.15, 0.2) is 0 Å². The van der Waals surface area contributed by atoms with Crippen molar-refractivity contribution < 1.29 is 5.11 Å². The van der Waals surface area contributed by atoms with Crippen molar-refractivity contribution in [2.45, 2.75) is 13.0 Å². The molecule has 0 heterocycles. The van der Waals surface area contributed by atoms with E-state index in [1.54, 1.807) is 0 Å². The Kier molecular flexibility index (Phi) is 4.26. The fourth-order valence-corrected chi connectivity index (χ4v) is 2.01. The van der Waals surface area contributed by atoms with Crippen LogP contribution in [0.5, 0.6) is 0 Å². The number of rotatable bonds is 5. The third-order valence-corrected chi connectivity index (χ3v) is 2.94. The molecule has 19 heavy (non-hydrogen) atoms. The van der Waals surface area contributed by atoms with Gasteiger partial charge in [-0.05, 0) is 47.9 Å². The molecule has 0 radical (unpaired) electrons. The standard InChI is InChI=1S/C15H19N3O/c16-13-3-1-2-11(8-13)10-18-15-5-4-14(17)9-12(15)6-7-19/h1-5,8-9,18-19H,6-7,10,16-17H2. The highest BCUT2D eigenvalue weighted by Gasteiger charge is 2.03. The molecule has 0 saturated carbocycles. The van der Waals surface area contributed by atoms with E-state index in [4.69, 9.17) is 16.6 Å². The quantitative estimate of drug-likeness (QED) is 0.617. The Morgan fingerprint density at radius 3 is 2.53 bits per heavy atom. The van der Waals surface area contributed by atoms with Crippen LogP contribution < -0.4 is 16.8 Å². The molecule has 4 heteroatoms. The molecule has 0 aliphatic rings. The summed E-state index contributed by atoms with van der Waals surface area (Å²) in [7, 11) is 0. The van der Waals surface area contributed by atoms with Gasteiger partial charge in [0.1, 0.15) is 0 Å². The van der Waals surface area contributed by atoms with E-state index in [1.165, 1.54) is 0 Å². The van der Waals surface area contributed by atoms with Gasteiger partial charge in [0, 0.05) is 30.2 Å². The number of aliphatic hydroxyl groups is 1. The van der Waals surface area contributed by atoms with E-state index < -0.39 is 0 Å². The molecule has 2 aromatic carbocycles. The molecule has 0 saturated heterocycles. The number of hydrogen-bond donors (Lipinski definition) is 4. The van der Waals surface area contributed by atoms with Crippen LogP contribution in [0.2, 0.25) is 0 Å². The van der Waals surface area contributed by atoms with Gasteiger partial charge in [0.25, 0.3) is 0 Å². The molecule has 0 aliphatic carbocycles. The number of anilines is 3. The van der Waals surface area contributed by atoms with Crippen LogP contribution in [0, 0.1) is 0 Å². The summed E-state index contributed by atoms with van der Waals surface area (Å²) in [5, 5.41) is 12.4. The molecule has 100 valence electrons. The number of nitrogens with one attached hydrogen (secondary N) is 1. The number of benzene rings is 2. The fraction of sp³-hybridized carbons (Fsp3) is 0.200. The van der Waals surface area contributed by atoms with E-state index in [0.29, 0.717) is 18.7 Å². The van der Waals surface area contributed by atoms with Crippen LogP contribution in [0.4, 0.5) is 17.1 Å². The molecule has 0 atom stereocenters. The van der Waals surface area contributed by atoms with Crippen LogP contribution in [0.1, 0.15) is 11.1 Å². The summed E-state index contributed by atoms with van der Waals surface area (Å²) < 4.78 is 0. The second kappa shape index (κ2) is 6.11. The molecule has 0 fully saturated rings. The SMILES string of the molecule is Nc1cccc(CNc2ccc(N)cc2CCO)c1. The maximum atomic E-state index is 9.07. The Hall–Kier alpha value is -2.20. The first-order valence-electron chi connectivity index (χ1n) is 6.26. The van der Waals surface area contributed by atoms with Crippen molar-refractivity contribution in [1.82, 2.24) is 0 Å². The van der Waals surface area contributed by atoms with Gasteiger partial charge in [0.05, 0.1) is 0 Å². The summed E-state index contributed by atoms with van der Waals surface area (Å²) in [6.45, 7) is 0.795. The molecule has 2 rings (SSSR count). The minimum absolute atomic E-state index is 0.108. The van der Waals surface area contributed by atoms with Crippen molar-refractivity contribution in [3.8, 4) is 0 Å². The van der Waals surface area contributed by atoms with Crippen LogP contribution in [0.25, 0.3) is 0 Å². The summed E-state index contributed by atoms with van der Waals surface area (Å²) >= 11 is 0. The van der Waals surface area contributed by atoms with Crippen molar-refractivity contribution in [2.75, 3.05) is 23.4 Å². The van der Waals surface area contributed by atoms with Gasteiger partial charge in [-0.3, -0.25) is 0 Å². The minimum atomic E-state index is 0.108. The van der Waals surface area contributed by atoms with Gasteiger partial charge < -0.3 is 21.9 Å². The zero-order valence-electron chi connectivity index (χ0n) is 10.8. The van der Waals surface area contributed by atoms with Gasteiger partial charge in [-0.2, -0.15) is 0 Å². The Morgan fingerprint density at radius 2 is 1.79 bits per heavy atom. The molecule has 0 aliphatic heterocycles. The molecular formula is C15H19N3O. The van der Waals surface area contributed by atoms with Gasteiger partial charge in [-0.25, -0.2) is 0 Å². The van der Waals surface area contributed by atoms with Gasteiger partial charge in [-0.15, -0.1) is 0 Å². The molecule has 0 aromatic heterocycles. The zero-order valence-corrected chi connectivity index (χ0v) is 10.8. The predicted octanol–water partition coefficient (Wildman–Crippen LogP) is 2.00. The van der Waals surface area contributed by atoms with E-state index in [-0.39, 0.29) is 6.61 Å². The van der Waals surface area contributed by atoms with E-state index in [0.717, 1.165) is 22.5 Å². The number of nitrogens with two attached hydrogens (primary N) is 2. The van der Waals surface area contributed by atoms with Crippen LogP contribution in [-0.4, -0.2) is 11.7 Å². The lowest BCUT2D eigenvalue weighted by Crippen LogP contribution is -2.05. The lowest BCUT2D eigenvalue weighted by Gasteiger charge is -2.12. The predicted molar refractivity (Wildman–Crippen MR) is 79.8 cm³/mol. The second-order valence-corrected chi connectivity index (χ2v) is 4.49. The third-order valence-electron chi connectivity index (χ3n) is 2.94. The summed E-state index contributed by atoms with van der Waals surface area (Å²) in [4.78, 5) is 0. The highest BCUT2D eigenvalue weighted by Crippen LogP contribution is 2.20. The highest BCUT2D eigenvalue weighted by molar-refractivity contribution is 5.58. The zero-order chi connectivity index (χ0) is 13.7. The minimum Gasteiger partial charge on any atom is -0.399 e. The van der Waals surface area contributed by atoms with E-state index >= 15 is 0 Å². The summed E-state index contributed by atoms with van der Waals surface area (Å²) in [6.07, 6.45) is 0.588. The maximum Gasteiger partial charge on any atom is 0.0472 e. The first-order valence-corrected chi connectivity index (χ1v) is 6.26. The molecule has 0 unspecified atom stereocenters. The van der Waals surface area contributed by atoms with Gasteiger partial charge >= 0.3 is 0 Å². The molecule has 4 nitrogen and oxygen atoms in total. The lowest BCUT2D eigenvalue weighted by atomic mass is 10.1. The van der Waals surface area contributed by atoms with Crippen molar-refractivity contribution >= 4 is 17.1 Å². The lowest BCUT2D eigenvalue weighted by molar-refractivity contribution is 0.300. The number of aliphatic hydroxyl groups excluding tert-OH is 1. The van der Waals surface area contributed by atoms with E-state index in [2.05, 4.69) is 5.32 Å². The van der Waals surface area contributed by atoms with Crippen LogP contribution >= 0.6 is 0 Å². The molecular weight excluding hydrogens is 238 g/mol. The maximum absolute atomic E-state index is 9.07. The molecule has 0 spiro atoms. The van der Waals surface area contributed by atoms with Gasteiger partial charge in [-0.1, -0.05) is 12.1 Å². The molecule has 6 N–H and O–H groups in total. The van der Waals surface area contributed by atoms with Gasteiger partial charge in [0.2, 0.25) is 0 Å². The molecule has 0 amide bonds. The normalized spacial score (nSPS) is 10.4. The second-order valence-electron chi connectivity index (χ2n) is 4.49. The summed E-state index contributed by atoms with van der Waals surface area (Å²) in [5.74, 6) is 0. The Morgan fingerprint density at radius 1 is 1.00 bits per heavy atom. The van der Waals surface area contributed by atoms with Crippen molar-refractivity contribution in [3.63, 3.8) is 0 Å². The van der Waals surface area contributed by atoms with E-state index in [1.807, 2.05) is 42.5 Å². The molecule has 0 bridgehead atoms. The smallest absolute Gasteiger partial charge is 0.0472 e. The fourth-order valence-electron chi connectivity index (χ4n) is 2.01. The summed E-state index contributed by atoms with van der Waals surface area (Å²) in [5.41, 5.74) is 16.1. The third kappa shape index (κ3) is 3.63. The van der Waals surface area contributed by atoms with Crippen molar-refractivity contribution in [1.29, 1.82) is 0 Å².